The van der Waals surface area contributed by atoms with Crippen molar-refractivity contribution in [2.45, 2.75) is 0 Å². The molecule has 0 unspecified atom stereocenters. The van der Waals surface area contributed by atoms with E-state index < -0.39 is 17.9 Å². The summed E-state index contributed by atoms with van der Waals surface area (Å²) in [5.74, 6) is -1.63. The highest BCUT2D eigenvalue weighted by molar-refractivity contribution is 6.47. The van der Waals surface area contributed by atoms with Crippen molar-refractivity contribution in [1.82, 2.24) is 0 Å². The molecule has 0 amide bonds. The fraction of sp³-hybridized carbons (Fsp3) is 0.100. The number of methoxy groups -OCH3 is 3. The second-order valence-corrected chi connectivity index (χ2v) is 8.97. The molecule has 6 nitrogen and oxygen atoms in total. The van der Waals surface area contributed by atoms with Crippen LogP contribution in [0.1, 0.15) is 31.1 Å². The lowest BCUT2D eigenvalue weighted by molar-refractivity contribution is 0.0559. The molecule has 0 aliphatic carbocycles. The highest BCUT2D eigenvalue weighted by Crippen LogP contribution is 2.50. The molecule has 36 heavy (non-hydrogen) atoms. The van der Waals surface area contributed by atoms with Gasteiger partial charge in [0.25, 0.3) is 0 Å². The first-order valence-corrected chi connectivity index (χ1v) is 11.4. The van der Waals surface area contributed by atoms with Crippen molar-refractivity contribution in [2.75, 3.05) is 21.3 Å². The van der Waals surface area contributed by atoms with E-state index in [2.05, 4.69) is 0 Å². The van der Waals surface area contributed by atoms with E-state index in [4.69, 9.17) is 14.2 Å². The minimum absolute atomic E-state index is 0.171. The predicted molar refractivity (Wildman–Crippen MR) is 139 cm³/mol. The Balaban J connectivity index is 1.90. The van der Waals surface area contributed by atoms with Crippen molar-refractivity contribution >= 4 is 82.5 Å². The third-order valence-electron chi connectivity index (χ3n) is 7.47. The highest BCUT2D eigenvalue weighted by atomic mass is 16.5. The molecule has 7 aromatic carbocycles. The number of hydrogen-bond acceptors (Lipinski definition) is 6. The molecule has 6 heteroatoms. The fourth-order valence-electron chi connectivity index (χ4n) is 6.07. The maximum Gasteiger partial charge on any atom is 0.339 e. The number of ether oxygens (including phenoxy) is 3. The van der Waals surface area contributed by atoms with Crippen molar-refractivity contribution in [3.63, 3.8) is 0 Å². The molecule has 0 aliphatic heterocycles. The number of esters is 3. The lowest BCUT2D eigenvalue weighted by Crippen LogP contribution is -2.14. The summed E-state index contributed by atoms with van der Waals surface area (Å²) in [4.78, 5) is 39.1. The Kier molecular flexibility index (Phi) is 3.97. The van der Waals surface area contributed by atoms with E-state index in [1.54, 1.807) is 0 Å². The lowest BCUT2D eigenvalue weighted by Gasteiger charge is -2.24. The maximum atomic E-state index is 13.1. The third-order valence-corrected chi connectivity index (χ3v) is 7.47. The summed E-state index contributed by atoms with van der Waals surface area (Å²) in [6.07, 6.45) is 0. The molecular weight excluding hydrogens is 456 g/mol. The largest absolute Gasteiger partial charge is 0.465 e. The molecule has 0 N–H and O–H groups in total. The summed E-state index contributed by atoms with van der Waals surface area (Å²) in [5.41, 5.74) is 0.838. The van der Waals surface area contributed by atoms with Crippen LogP contribution in [0, 0.1) is 0 Å². The zero-order chi connectivity index (χ0) is 24.9. The second-order valence-electron chi connectivity index (χ2n) is 8.97. The summed E-state index contributed by atoms with van der Waals surface area (Å²) in [6.45, 7) is 0. The Morgan fingerprint density at radius 3 is 1.39 bits per heavy atom. The number of carbonyl (C=O) groups is 3. The van der Waals surface area contributed by atoms with Gasteiger partial charge in [0.2, 0.25) is 0 Å². The van der Waals surface area contributed by atoms with E-state index in [9.17, 15) is 14.4 Å². The predicted octanol–water partition coefficient (Wildman–Crippen LogP) is 6.28. The van der Waals surface area contributed by atoms with Gasteiger partial charge in [-0.3, -0.25) is 0 Å². The molecule has 0 saturated carbocycles. The molecule has 0 aliphatic rings. The van der Waals surface area contributed by atoms with Gasteiger partial charge < -0.3 is 14.2 Å². The Morgan fingerprint density at radius 1 is 0.472 bits per heavy atom. The summed E-state index contributed by atoms with van der Waals surface area (Å²) >= 11 is 0. The van der Waals surface area contributed by atoms with Gasteiger partial charge in [0, 0.05) is 0 Å². The number of hydrogen-bond donors (Lipinski definition) is 0. The summed E-state index contributed by atoms with van der Waals surface area (Å²) in [6, 6.07) is 17.4. The van der Waals surface area contributed by atoms with E-state index in [1.165, 1.54) is 21.3 Å². The molecule has 7 aromatic rings. The van der Waals surface area contributed by atoms with E-state index in [-0.39, 0.29) is 11.1 Å². The molecule has 0 bridgehead atoms. The zero-order valence-electron chi connectivity index (χ0n) is 19.6. The fourth-order valence-corrected chi connectivity index (χ4v) is 6.07. The van der Waals surface area contributed by atoms with Gasteiger partial charge >= 0.3 is 17.9 Å². The van der Waals surface area contributed by atoms with E-state index in [1.807, 2.05) is 54.6 Å². The molecule has 0 spiro atoms. The van der Waals surface area contributed by atoms with Gasteiger partial charge in [0.1, 0.15) is 0 Å². The average molecular weight is 474 g/mol. The van der Waals surface area contributed by atoms with Gasteiger partial charge in [-0.1, -0.05) is 48.5 Å². The van der Waals surface area contributed by atoms with Crippen molar-refractivity contribution in [1.29, 1.82) is 0 Å². The van der Waals surface area contributed by atoms with Gasteiger partial charge in [-0.05, 0) is 70.7 Å². The molecular formula is C30H18O6. The van der Waals surface area contributed by atoms with Crippen LogP contribution in [0.15, 0.2) is 54.6 Å². The van der Waals surface area contributed by atoms with E-state index in [0.717, 1.165) is 53.9 Å². The van der Waals surface area contributed by atoms with Crippen LogP contribution < -0.4 is 0 Å². The maximum absolute atomic E-state index is 13.1. The monoisotopic (exact) mass is 474 g/mol. The first kappa shape index (κ1) is 20.6. The molecule has 0 saturated heterocycles. The van der Waals surface area contributed by atoms with Crippen molar-refractivity contribution < 1.29 is 28.6 Å². The Morgan fingerprint density at radius 2 is 0.861 bits per heavy atom. The SMILES string of the molecule is COC(=O)c1cc2ccc3ccc4c(C(=O)OC)c(C(=O)OC)c5ccc6ccc1c1c2c3c4c5c61. The molecule has 0 aromatic heterocycles. The Labute approximate surface area is 203 Å². The quantitative estimate of drug-likeness (QED) is 0.130. The van der Waals surface area contributed by atoms with Crippen LogP contribution in [0.3, 0.4) is 0 Å². The summed E-state index contributed by atoms with van der Waals surface area (Å²) < 4.78 is 15.4. The van der Waals surface area contributed by atoms with Crippen LogP contribution in [0.4, 0.5) is 0 Å². The first-order valence-electron chi connectivity index (χ1n) is 11.4. The minimum Gasteiger partial charge on any atom is -0.465 e. The molecule has 7 rings (SSSR count). The standard InChI is InChI=1S/C30H18O6/c1-34-28(31)19-12-15-5-4-13-7-10-17-24-20(13)22(15)23-16(19)9-6-14-8-11-18(25(24)21(14)23)27(30(33)36-3)26(17)29(32)35-2/h4-12H,1-3H3. The number of carbonyl (C=O) groups excluding carboxylic acids is 3. The van der Waals surface area contributed by atoms with Crippen LogP contribution in [0.2, 0.25) is 0 Å². The molecule has 0 heterocycles. The topological polar surface area (TPSA) is 78.9 Å². The van der Waals surface area contributed by atoms with Crippen LogP contribution in [-0.2, 0) is 14.2 Å². The average Bonchev–Trinajstić information content (AvgIpc) is 2.93. The molecule has 0 fully saturated rings. The first-order chi connectivity index (χ1) is 17.5. The summed E-state index contributed by atoms with van der Waals surface area (Å²) in [7, 11) is 3.98. The molecule has 0 atom stereocenters. The zero-order valence-corrected chi connectivity index (χ0v) is 19.6. The van der Waals surface area contributed by atoms with Gasteiger partial charge in [-0.2, -0.15) is 0 Å². The van der Waals surface area contributed by atoms with Gasteiger partial charge in [0.15, 0.2) is 0 Å². The van der Waals surface area contributed by atoms with E-state index in [0.29, 0.717) is 16.3 Å². The van der Waals surface area contributed by atoms with Crippen molar-refractivity contribution in [3.05, 3.63) is 71.3 Å². The van der Waals surface area contributed by atoms with Crippen LogP contribution in [0.25, 0.3) is 64.6 Å². The Hall–Kier alpha value is -4.71. The molecule has 174 valence electrons. The number of benzene rings is 7. The van der Waals surface area contributed by atoms with E-state index >= 15 is 0 Å². The van der Waals surface area contributed by atoms with Gasteiger partial charge in [-0.25, -0.2) is 14.4 Å². The van der Waals surface area contributed by atoms with Crippen LogP contribution in [0.5, 0.6) is 0 Å². The normalized spacial score (nSPS) is 12.1. The highest BCUT2D eigenvalue weighted by Gasteiger charge is 2.30. The van der Waals surface area contributed by atoms with Crippen LogP contribution in [-0.4, -0.2) is 39.2 Å². The third kappa shape index (κ3) is 2.28. The van der Waals surface area contributed by atoms with Crippen LogP contribution >= 0.6 is 0 Å². The molecule has 0 radical (unpaired) electrons. The van der Waals surface area contributed by atoms with Crippen molar-refractivity contribution in [3.8, 4) is 0 Å². The van der Waals surface area contributed by atoms with Crippen molar-refractivity contribution in [2.24, 2.45) is 0 Å². The number of rotatable bonds is 3. The van der Waals surface area contributed by atoms with Gasteiger partial charge in [-0.15, -0.1) is 0 Å². The Bertz CT molecular complexity index is 2050. The second kappa shape index (κ2) is 6.92. The van der Waals surface area contributed by atoms with Gasteiger partial charge in [0.05, 0.1) is 38.0 Å². The summed E-state index contributed by atoms with van der Waals surface area (Å²) in [5, 5.41) is 10.5. The lowest BCUT2D eigenvalue weighted by atomic mass is 9.79. The smallest absolute Gasteiger partial charge is 0.339 e. The minimum atomic E-state index is -0.615.